The lowest BCUT2D eigenvalue weighted by Gasteiger charge is -2.01. The maximum atomic E-state index is 9.19. The minimum Gasteiger partial charge on any atom is -0.506 e. The Morgan fingerprint density at radius 2 is 2.18 bits per heavy atom. The first-order chi connectivity index (χ1) is 5.24. The van der Waals surface area contributed by atoms with E-state index < -0.39 is 0 Å². The molecule has 0 aromatic carbocycles. The van der Waals surface area contributed by atoms with E-state index in [1.165, 1.54) is 0 Å². The van der Waals surface area contributed by atoms with Gasteiger partial charge in [-0.05, 0) is 19.1 Å². The SMILES string of the molecule is Cc1ccc(O)c(CCO)n1. The average molecular weight is 153 g/mol. The molecular formula is C8H11NO2. The summed E-state index contributed by atoms with van der Waals surface area (Å²) in [6.45, 7) is 1.87. The quantitative estimate of drug-likeness (QED) is 0.655. The van der Waals surface area contributed by atoms with Crippen LogP contribution in [-0.2, 0) is 6.42 Å². The lowest BCUT2D eigenvalue weighted by atomic mass is 10.2. The van der Waals surface area contributed by atoms with Crippen molar-refractivity contribution in [2.75, 3.05) is 6.61 Å². The van der Waals surface area contributed by atoms with Crippen LogP contribution in [0.1, 0.15) is 11.4 Å². The van der Waals surface area contributed by atoms with Crippen molar-refractivity contribution in [2.45, 2.75) is 13.3 Å². The molecule has 0 fully saturated rings. The number of pyridine rings is 1. The summed E-state index contributed by atoms with van der Waals surface area (Å²) in [5.74, 6) is 0.157. The van der Waals surface area contributed by atoms with Gasteiger partial charge in [-0.1, -0.05) is 0 Å². The third-order valence-corrected chi connectivity index (χ3v) is 1.44. The Morgan fingerprint density at radius 3 is 2.82 bits per heavy atom. The maximum Gasteiger partial charge on any atom is 0.137 e. The number of aromatic nitrogens is 1. The molecule has 1 rings (SSSR count). The number of aryl methyl sites for hydroxylation is 1. The van der Waals surface area contributed by atoms with Crippen molar-refractivity contribution in [1.29, 1.82) is 0 Å². The molecule has 60 valence electrons. The van der Waals surface area contributed by atoms with Gasteiger partial charge in [-0.25, -0.2) is 0 Å². The van der Waals surface area contributed by atoms with Crippen LogP contribution in [-0.4, -0.2) is 21.8 Å². The van der Waals surface area contributed by atoms with Gasteiger partial charge in [0, 0.05) is 18.7 Å². The molecule has 1 aromatic heterocycles. The van der Waals surface area contributed by atoms with Crippen molar-refractivity contribution < 1.29 is 10.2 Å². The van der Waals surface area contributed by atoms with Gasteiger partial charge in [-0.15, -0.1) is 0 Å². The van der Waals surface area contributed by atoms with E-state index >= 15 is 0 Å². The van der Waals surface area contributed by atoms with Crippen LogP contribution in [0.25, 0.3) is 0 Å². The Bertz CT molecular complexity index is 248. The summed E-state index contributed by atoms with van der Waals surface area (Å²) >= 11 is 0. The predicted octanol–water partition coefficient (Wildman–Crippen LogP) is 0.630. The maximum absolute atomic E-state index is 9.19. The molecule has 0 spiro atoms. The van der Waals surface area contributed by atoms with E-state index in [4.69, 9.17) is 5.11 Å². The molecule has 0 unspecified atom stereocenters. The molecule has 0 saturated heterocycles. The third kappa shape index (κ3) is 1.91. The van der Waals surface area contributed by atoms with Crippen LogP contribution in [0.3, 0.4) is 0 Å². The summed E-state index contributed by atoms with van der Waals surface area (Å²) < 4.78 is 0. The molecule has 3 heteroatoms. The smallest absolute Gasteiger partial charge is 0.137 e. The largest absolute Gasteiger partial charge is 0.506 e. The van der Waals surface area contributed by atoms with E-state index in [0.717, 1.165) is 5.69 Å². The van der Waals surface area contributed by atoms with Gasteiger partial charge in [0.2, 0.25) is 0 Å². The number of hydrogen-bond acceptors (Lipinski definition) is 3. The second-order valence-corrected chi connectivity index (χ2v) is 2.39. The summed E-state index contributed by atoms with van der Waals surface area (Å²) in [5.41, 5.74) is 1.42. The molecule has 0 aliphatic rings. The fraction of sp³-hybridized carbons (Fsp3) is 0.375. The molecule has 0 aliphatic carbocycles. The summed E-state index contributed by atoms with van der Waals surface area (Å²) in [7, 11) is 0. The lowest BCUT2D eigenvalue weighted by Crippen LogP contribution is -1.96. The zero-order valence-electron chi connectivity index (χ0n) is 6.41. The van der Waals surface area contributed by atoms with Gasteiger partial charge in [-0.3, -0.25) is 4.98 Å². The van der Waals surface area contributed by atoms with Gasteiger partial charge < -0.3 is 10.2 Å². The van der Waals surface area contributed by atoms with Gasteiger partial charge in [-0.2, -0.15) is 0 Å². The Labute approximate surface area is 65.3 Å². The van der Waals surface area contributed by atoms with Crippen LogP contribution in [0.5, 0.6) is 5.75 Å². The lowest BCUT2D eigenvalue weighted by molar-refractivity contribution is 0.295. The average Bonchev–Trinajstić information content (AvgIpc) is 1.98. The summed E-state index contributed by atoms with van der Waals surface area (Å²) in [5, 5.41) is 17.8. The zero-order chi connectivity index (χ0) is 8.27. The Hall–Kier alpha value is -1.09. The van der Waals surface area contributed by atoms with E-state index in [1.54, 1.807) is 12.1 Å². The second-order valence-electron chi connectivity index (χ2n) is 2.39. The Kier molecular flexibility index (Phi) is 2.44. The van der Waals surface area contributed by atoms with Crippen molar-refractivity contribution in [3.8, 4) is 5.75 Å². The topological polar surface area (TPSA) is 53.4 Å². The number of rotatable bonds is 2. The standard InChI is InChI=1S/C8H11NO2/c1-6-2-3-8(11)7(9-6)4-5-10/h2-3,10-11H,4-5H2,1H3. The van der Waals surface area contributed by atoms with Crippen LogP contribution in [0.15, 0.2) is 12.1 Å². The van der Waals surface area contributed by atoms with E-state index in [1.807, 2.05) is 6.92 Å². The van der Waals surface area contributed by atoms with E-state index in [9.17, 15) is 5.11 Å². The number of aliphatic hydroxyl groups excluding tert-OH is 1. The third-order valence-electron chi connectivity index (χ3n) is 1.44. The van der Waals surface area contributed by atoms with Crippen molar-refractivity contribution in [3.63, 3.8) is 0 Å². The number of aliphatic hydroxyl groups is 1. The molecule has 0 aliphatic heterocycles. The van der Waals surface area contributed by atoms with E-state index in [-0.39, 0.29) is 12.4 Å². The first-order valence-corrected chi connectivity index (χ1v) is 3.50. The van der Waals surface area contributed by atoms with Crippen molar-refractivity contribution in [1.82, 2.24) is 4.98 Å². The fourth-order valence-electron chi connectivity index (χ4n) is 0.893. The van der Waals surface area contributed by atoms with Gasteiger partial charge in [0.15, 0.2) is 0 Å². The molecular weight excluding hydrogens is 142 g/mol. The number of hydrogen-bond donors (Lipinski definition) is 2. The first kappa shape index (κ1) is 8.01. The molecule has 0 radical (unpaired) electrons. The van der Waals surface area contributed by atoms with Crippen LogP contribution in [0.2, 0.25) is 0 Å². The second kappa shape index (κ2) is 3.34. The molecule has 3 nitrogen and oxygen atoms in total. The summed E-state index contributed by atoms with van der Waals surface area (Å²) in [4.78, 5) is 4.05. The van der Waals surface area contributed by atoms with Gasteiger partial charge >= 0.3 is 0 Å². The highest BCUT2D eigenvalue weighted by molar-refractivity contribution is 5.27. The van der Waals surface area contributed by atoms with Crippen LogP contribution >= 0.6 is 0 Å². The molecule has 0 saturated carbocycles. The van der Waals surface area contributed by atoms with Crippen molar-refractivity contribution in [3.05, 3.63) is 23.5 Å². The van der Waals surface area contributed by atoms with Crippen molar-refractivity contribution >= 4 is 0 Å². The van der Waals surface area contributed by atoms with Gasteiger partial charge in [0.25, 0.3) is 0 Å². The van der Waals surface area contributed by atoms with E-state index in [2.05, 4.69) is 4.98 Å². The minimum atomic E-state index is 0.0179. The fourth-order valence-corrected chi connectivity index (χ4v) is 0.893. The minimum absolute atomic E-state index is 0.0179. The van der Waals surface area contributed by atoms with E-state index in [0.29, 0.717) is 12.1 Å². The number of nitrogens with zero attached hydrogens (tertiary/aromatic N) is 1. The number of aromatic hydroxyl groups is 1. The molecule has 0 bridgehead atoms. The van der Waals surface area contributed by atoms with Crippen molar-refractivity contribution in [2.24, 2.45) is 0 Å². The van der Waals surface area contributed by atoms with Crippen LogP contribution < -0.4 is 0 Å². The highest BCUT2D eigenvalue weighted by atomic mass is 16.3. The van der Waals surface area contributed by atoms with Crippen LogP contribution in [0.4, 0.5) is 0 Å². The van der Waals surface area contributed by atoms with Gasteiger partial charge in [0.05, 0.1) is 5.69 Å². The summed E-state index contributed by atoms with van der Waals surface area (Å²) in [6, 6.07) is 3.32. The molecule has 0 amide bonds. The monoisotopic (exact) mass is 153 g/mol. The van der Waals surface area contributed by atoms with Crippen LogP contribution in [0, 0.1) is 6.92 Å². The highest BCUT2D eigenvalue weighted by Gasteiger charge is 2.00. The molecule has 2 N–H and O–H groups in total. The molecule has 1 heterocycles. The first-order valence-electron chi connectivity index (χ1n) is 3.50. The van der Waals surface area contributed by atoms with Gasteiger partial charge in [0.1, 0.15) is 5.75 Å². The Balaban J connectivity index is 2.93. The molecule has 1 aromatic rings. The summed E-state index contributed by atoms with van der Waals surface area (Å²) in [6.07, 6.45) is 0.410. The normalized spacial score (nSPS) is 10.0. The Morgan fingerprint density at radius 1 is 1.45 bits per heavy atom. The molecule has 11 heavy (non-hydrogen) atoms. The highest BCUT2D eigenvalue weighted by Crippen LogP contribution is 2.14. The predicted molar refractivity (Wildman–Crippen MR) is 41.4 cm³/mol. The zero-order valence-corrected chi connectivity index (χ0v) is 6.41. The molecule has 0 atom stereocenters.